The van der Waals surface area contributed by atoms with E-state index in [0.717, 1.165) is 22.3 Å². The number of benzene rings is 2. The van der Waals surface area contributed by atoms with E-state index in [0.29, 0.717) is 41.6 Å². The van der Waals surface area contributed by atoms with Gasteiger partial charge in [-0.05, 0) is 42.2 Å². The van der Waals surface area contributed by atoms with Crippen molar-refractivity contribution >= 4 is 16.8 Å². The molecule has 0 bridgehead atoms. The summed E-state index contributed by atoms with van der Waals surface area (Å²) in [5.41, 5.74) is 4.21. The van der Waals surface area contributed by atoms with E-state index in [2.05, 4.69) is 15.1 Å². The quantitative estimate of drug-likeness (QED) is 0.532. The maximum Gasteiger partial charge on any atom is 0.229 e. The lowest BCUT2D eigenvalue weighted by Crippen LogP contribution is -2.20. The fourth-order valence-electron chi connectivity index (χ4n) is 4.24. The number of aromatic amines is 1. The molecule has 1 N–H and O–H groups in total. The molecule has 0 aliphatic heterocycles. The van der Waals surface area contributed by atoms with Gasteiger partial charge in [0.05, 0.1) is 49.8 Å². The molecular weight excluding hydrogens is 396 g/mol. The molecule has 1 aliphatic rings. The van der Waals surface area contributed by atoms with Crippen LogP contribution in [0.5, 0.6) is 17.2 Å². The van der Waals surface area contributed by atoms with Crippen molar-refractivity contribution in [1.29, 1.82) is 0 Å². The molecule has 158 valence electrons. The van der Waals surface area contributed by atoms with Crippen LogP contribution < -0.4 is 14.2 Å². The van der Waals surface area contributed by atoms with Crippen molar-refractivity contribution in [3.8, 4) is 23.2 Å². The van der Waals surface area contributed by atoms with E-state index in [4.69, 9.17) is 14.2 Å². The summed E-state index contributed by atoms with van der Waals surface area (Å²) in [6, 6.07) is 11.6. The van der Waals surface area contributed by atoms with E-state index in [1.165, 1.54) is 0 Å². The summed E-state index contributed by atoms with van der Waals surface area (Å²) in [7, 11) is 4.74. The average Bonchev–Trinajstić information content (AvgIpc) is 3.42. The number of Topliss-reactive ketones (excluding diaryl/α,β-unsaturated/α-hetero) is 1. The summed E-state index contributed by atoms with van der Waals surface area (Å²) in [4.78, 5) is 20.9. The third-order valence-electron chi connectivity index (χ3n) is 5.78. The van der Waals surface area contributed by atoms with Gasteiger partial charge < -0.3 is 19.2 Å². The van der Waals surface area contributed by atoms with Gasteiger partial charge in [0.2, 0.25) is 11.7 Å². The smallest absolute Gasteiger partial charge is 0.229 e. The Bertz CT molecular complexity index is 1230. The highest BCUT2D eigenvalue weighted by molar-refractivity contribution is 5.98. The van der Waals surface area contributed by atoms with Crippen molar-refractivity contribution in [2.75, 3.05) is 21.3 Å². The normalized spacial score (nSPS) is 15.7. The topological polar surface area (TPSA) is 91.3 Å². The number of nitrogens with one attached hydrogen (secondary N) is 1. The van der Waals surface area contributed by atoms with Crippen LogP contribution in [0, 0.1) is 0 Å². The lowest BCUT2D eigenvalue weighted by atomic mass is 9.82. The van der Waals surface area contributed by atoms with Crippen LogP contribution in [0.1, 0.15) is 34.0 Å². The van der Waals surface area contributed by atoms with E-state index in [1.54, 1.807) is 32.2 Å². The summed E-state index contributed by atoms with van der Waals surface area (Å²) >= 11 is 0. The van der Waals surface area contributed by atoms with Gasteiger partial charge in [0.15, 0.2) is 17.3 Å². The number of aromatic nitrogens is 4. The molecule has 1 unspecified atom stereocenters. The van der Waals surface area contributed by atoms with Crippen molar-refractivity contribution < 1.29 is 19.0 Å². The number of rotatable bonds is 5. The first-order valence-electron chi connectivity index (χ1n) is 9.98. The largest absolute Gasteiger partial charge is 0.493 e. The summed E-state index contributed by atoms with van der Waals surface area (Å²) < 4.78 is 18.2. The number of ketones is 1. The van der Waals surface area contributed by atoms with Crippen LogP contribution in [-0.4, -0.2) is 46.9 Å². The van der Waals surface area contributed by atoms with Crippen LogP contribution in [0.3, 0.4) is 0 Å². The number of imidazole rings is 1. The molecule has 2 heterocycles. The van der Waals surface area contributed by atoms with Crippen molar-refractivity contribution in [3.05, 3.63) is 59.4 Å². The molecule has 2 aromatic heterocycles. The molecule has 0 spiro atoms. The van der Waals surface area contributed by atoms with E-state index in [1.807, 2.05) is 36.4 Å². The van der Waals surface area contributed by atoms with Crippen LogP contribution in [0.25, 0.3) is 17.0 Å². The summed E-state index contributed by atoms with van der Waals surface area (Å²) in [5, 5.41) is 4.47. The van der Waals surface area contributed by atoms with Gasteiger partial charge in [-0.15, -0.1) is 0 Å². The molecule has 8 heteroatoms. The van der Waals surface area contributed by atoms with E-state index >= 15 is 0 Å². The zero-order valence-electron chi connectivity index (χ0n) is 17.5. The summed E-state index contributed by atoms with van der Waals surface area (Å²) in [6.45, 7) is 0. The zero-order valence-corrected chi connectivity index (χ0v) is 17.5. The third kappa shape index (κ3) is 3.11. The van der Waals surface area contributed by atoms with Gasteiger partial charge in [-0.25, -0.2) is 9.67 Å². The lowest BCUT2D eigenvalue weighted by molar-refractivity contribution is 0.0963. The Morgan fingerprint density at radius 1 is 1.03 bits per heavy atom. The average molecular weight is 418 g/mol. The summed E-state index contributed by atoms with van der Waals surface area (Å²) in [6.07, 6.45) is 2.66. The molecule has 0 amide bonds. The number of ether oxygens (including phenoxy) is 3. The zero-order chi connectivity index (χ0) is 21.5. The Morgan fingerprint density at radius 2 is 1.77 bits per heavy atom. The fraction of sp³-hybridized carbons (Fsp3) is 0.261. The minimum absolute atomic E-state index is 0.0477. The Labute approximate surface area is 178 Å². The van der Waals surface area contributed by atoms with Gasteiger partial charge in [-0.1, -0.05) is 12.1 Å². The molecule has 2 aromatic carbocycles. The van der Waals surface area contributed by atoms with Gasteiger partial charge in [0.1, 0.15) is 0 Å². The molecule has 1 atom stereocenters. The van der Waals surface area contributed by atoms with Crippen LogP contribution in [0.2, 0.25) is 0 Å². The molecule has 31 heavy (non-hydrogen) atoms. The predicted molar refractivity (Wildman–Crippen MR) is 115 cm³/mol. The molecule has 8 nitrogen and oxygen atoms in total. The predicted octanol–water partition coefficient (Wildman–Crippen LogP) is 3.69. The number of hydrogen-bond acceptors (Lipinski definition) is 6. The second-order valence-electron chi connectivity index (χ2n) is 7.48. The van der Waals surface area contributed by atoms with Crippen molar-refractivity contribution in [2.45, 2.75) is 18.8 Å². The van der Waals surface area contributed by atoms with Crippen molar-refractivity contribution in [2.24, 2.45) is 0 Å². The van der Waals surface area contributed by atoms with Crippen LogP contribution in [-0.2, 0) is 6.42 Å². The van der Waals surface area contributed by atoms with Crippen LogP contribution in [0.4, 0.5) is 0 Å². The molecule has 0 radical (unpaired) electrons. The molecule has 0 fully saturated rings. The van der Waals surface area contributed by atoms with Gasteiger partial charge >= 0.3 is 0 Å². The fourth-order valence-corrected chi connectivity index (χ4v) is 4.24. The second-order valence-corrected chi connectivity index (χ2v) is 7.48. The minimum Gasteiger partial charge on any atom is -0.493 e. The maximum absolute atomic E-state index is 12.9. The number of hydrogen-bond donors (Lipinski definition) is 1. The SMILES string of the molecule is COc1cc(C2CC(=O)c3cnn(-c4nc5ccccc5[nH]4)c3C2)cc(OC)c1OC. The first-order valence-corrected chi connectivity index (χ1v) is 9.98. The molecular formula is C23H22N4O4. The number of H-pyrrole nitrogens is 1. The highest BCUT2D eigenvalue weighted by atomic mass is 16.5. The second kappa shape index (κ2) is 7.46. The molecule has 1 aliphatic carbocycles. The van der Waals surface area contributed by atoms with Crippen molar-refractivity contribution in [1.82, 2.24) is 19.7 Å². The van der Waals surface area contributed by atoms with E-state index in [-0.39, 0.29) is 11.7 Å². The number of carbonyl (C=O) groups excluding carboxylic acids is 1. The standard InChI is InChI=1S/C23H22N4O4/c1-29-20-10-14(11-21(30-2)22(20)31-3)13-8-18-15(19(28)9-13)12-24-27(18)23-25-16-6-4-5-7-17(16)26-23/h4-7,10-13H,8-9H2,1-3H3,(H,25,26). The number of methoxy groups -OCH3 is 3. The Kier molecular flexibility index (Phi) is 4.62. The minimum atomic E-state index is -0.0477. The number of nitrogens with zero attached hydrogens (tertiary/aromatic N) is 3. The van der Waals surface area contributed by atoms with E-state index in [9.17, 15) is 4.79 Å². The molecule has 0 saturated carbocycles. The molecule has 5 rings (SSSR count). The van der Waals surface area contributed by atoms with Gasteiger partial charge in [-0.2, -0.15) is 5.10 Å². The Hall–Kier alpha value is -3.81. The molecule has 0 saturated heterocycles. The maximum atomic E-state index is 12.9. The van der Waals surface area contributed by atoms with Gasteiger partial charge in [0.25, 0.3) is 0 Å². The third-order valence-corrected chi connectivity index (χ3v) is 5.78. The van der Waals surface area contributed by atoms with Gasteiger partial charge in [-0.3, -0.25) is 4.79 Å². The number of fused-ring (bicyclic) bond motifs is 2. The number of para-hydroxylation sites is 2. The van der Waals surface area contributed by atoms with E-state index < -0.39 is 0 Å². The lowest BCUT2D eigenvalue weighted by Gasteiger charge is -2.24. The van der Waals surface area contributed by atoms with Crippen molar-refractivity contribution in [3.63, 3.8) is 0 Å². The van der Waals surface area contributed by atoms with Gasteiger partial charge in [0, 0.05) is 6.42 Å². The highest BCUT2D eigenvalue weighted by Gasteiger charge is 2.32. The van der Waals surface area contributed by atoms with Crippen LogP contribution in [0.15, 0.2) is 42.6 Å². The molecule has 4 aromatic rings. The summed E-state index contributed by atoms with van der Waals surface area (Å²) in [5.74, 6) is 2.28. The Morgan fingerprint density at radius 3 is 2.45 bits per heavy atom. The van der Waals surface area contributed by atoms with Crippen LogP contribution >= 0.6 is 0 Å². The Balaban J connectivity index is 1.56. The first kappa shape index (κ1) is 19.2. The first-order chi connectivity index (χ1) is 15.1. The number of carbonyl (C=O) groups is 1. The monoisotopic (exact) mass is 418 g/mol. The highest BCUT2D eigenvalue weighted by Crippen LogP contribution is 2.43.